The molecule has 1 amide bonds. The van der Waals surface area contributed by atoms with Crippen molar-refractivity contribution in [3.63, 3.8) is 0 Å². The molecule has 0 radical (unpaired) electrons. The van der Waals surface area contributed by atoms with Crippen LogP contribution in [0.5, 0.6) is 11.5 Å². The third kappa shape index (κ3) is 5.25. The highest BCUT2D eigenvalue weighted by Gasteiger charge is 2.17. The van der Waals surface area contributed by atoms with Gasteiger partial charge in [-0.3, -0.25) is 9.78 Å². The SMILES string of the molecule is CCc1ccccc1Nc1c(C(N)=O)cnc2cc(OC)c(OCCCNCC#N)cc12. The third-order valence-corrected chi connectivity index (χ3v) is 5.04. The number of rotatable bonds is 11. The van der Waals surface area contributed by atoms with E-state index in [1.165, 1.54) is 6.20 Å². The van der Waals surface area contributed by atoms with E-state index in [0.29, 0.717) is 53.3 Å². The first kappa shape index (κ1) is 22.8. The fourth-order valence-corrected chi connectivity index (χ4v) is 3.40. The van der Waals surface area contributed by atoms with Gasteiger partial charge >= 0.3 is 0 Å². The maximum atomic E-state index is 12.2. The van der Waals surface area contributed by atoms with Crippen molar-refractivity contribution in [2.24, 2.45) is 5.73 Å². The predicted octanol–water partition coefficient (Wildman–Crippen LogP) is 3.53. The number of nitrogens with two attached hydrogens (primary N) is 1. The molecule has 1 aromatic heterocycles. The number of ether oxygens (including phenoxy) is 2. The van der Waals surface area contributed by atoms with Crippen molar-refractivity contribution in [1.82, 2.24) is 10.3 Å². The second-order valence-electron chi connectivity index (χ2n) is 7.10. The van der Waals surface area contributed by atoms with E-state index >= 15 is 0 Å². The topological polar surface area (TPSA) is 122 Å². The van der Waals surface area contributed by atoms with Crippen LogP contribution in [0.1, 0.15) is 29.3 Å². The van der Waals surface area contributed by atoms with E-state index in [1.807, 2.05) is 36.4 Å². The monoisotopic (exact) mass is 433 g/mol. The van der Waals surface area contributed by atoms with Crippen LogP contribution in [-0.2, 0) is 6.42 Å². The van der Waals surface area contributed by atoms with Gasteiger partial charge in [0.2, 0.25) is 0 Å². The number of hydrogen-bond donors (Lipinski definition) is 3. The highest BCUT2D eigenvalue weighted by atomic mass is 16.5. The molecular weight excluding hydrogens is 406 g/mol. The highest BCUT2D eigenvalue weighted by molar-refractivity contribution is 6.08. The zero-order chi connectivity index (χ0) is 22.9. The van der Waals surface area contributed by atoms with Gasteiger partial charge in [-0.05, 0) is 37.1 Å². The van der Waals surface area contributed by atoms with E-state index < -0.39 is 5.91 Å². The molecule has 0 fully saturated rings. The summed E-state index contributed by atoms with van der Waals surface area (Å²) in [4.78, 5) is 16.6. The van der Waals surface area contributed by atoms with Crippen molar-refractivity contribution < 1.29 is 14.3 Å². The number of para-hydroxylation sites is 1. The normalized spacial score (nSPS) is 10.5. The fraction of sp³-hybridized carbons (Fsp3) is 0.292. The minimum atomic E-state index is -0.572. The van der Waals surface area contributed by atoms with Gasteiger partial charge in [0, 0.05) is 23.3 Å². The molecule has 0 saturated heterocycles. The summed E-state index contributed by atoms with van der Waals surface area (Å²) in [6.45, 7) is 3.47. The number of fused-ring (bicyclic) bond motifs is 1. The largest absolute Gasteiger partial charge is 0.493 e. The maximum absolute atomic E-state index is 12.2. The molecule has 0 aliphatic rings. The minimum Gasteiger partial charge on any atom is -0.493 e. The summed E-state index contributed by atoms with van der Waals surface area (Å²) in [6, 6.07) is 13.5. The maximum Gasteiger partial charge on any atom is 0.252 e. The van der Waals surface area contributed by atoms with Gasteiger partial charge in [-0.25, -0.2) is 0 Å². The summed E-state index contributed by atoms with van der Waals surface area (Å²) in [7, 11) is 1.57. The molecule has 0 saturated carbocycles. The highest BCUT2D eigenvalue weighted by Crippen LogP contribution is 2.37. The summed E-state index contributed by atoms with van der Waals surface area (Å²) in [5.74, 6) is 0.509. The summed E-state index contributed by atoms with van der Waals surface area (Å²) in [5, 5.41) is 15.7. The molecule has 32 heavy (non-hydrogen) atoms. The molecule has 0 bridgehead atoms. The Morgan fingerprint density at radius 1 is 1.25 bits per heavy atom. The number of aryl methyl sites for hydroxylation is 1. The molecule has 3 rings (SSSR count). The van der Waals surface area contributed by atoms with Crippen molar-refractivity contribution in [2.75, 3.05) is 32.1 Å². The van der Waals surface area contributed by atoms with E-state index in [0.717, 1.165) is 24.1 Å². The quantitative estimate of drug-likeness (QED) is 0.312. The summed E-state index contributed by atoms with van der Waals surface area (Å²) in [6.07, 6.45) is 3.03. The number of nitriles is 1. The molecule has 0 aliphatic heterocycles. The Morgan fingerprint density at radius 3 is 2.78 bits per heavy atom. The molecule has 8 nitrogen and oxygen atoms in total. The zero-order valence-corrected chi connectivity index (χ0v) is 18.3. The predicted molar refractivity (Wildman–Crippen MR) is 125 cm³/mol. The Bertz CT molecular complexity index is 1140. The number of methoxy groups -OCH3 is 1. The van der Waals surface area contributed by atoms with Gasteiger partial charge in [-0.15, -0.1) is 0 Å². The van der Waals surface area contributed by atoms with Crippen LogP contribution in [0.15, 0.2) is 42.6 Å². The second-order valence-corrected chi connectivity index (χ2v) is 7.10. The first-order valence-corrected chi connectivity index (χ1v) is 10.4. The summed E-state index contributed by atoms with van der Waals surface area (Å²) in [5.41, 5.74) is 9.18. The lowest BCUT2D eigenvalue weighted by Crippen LogP contribution is -2.17. The van der Waals surface area contributed by atoms with Crippen LogP contribution >= 0.6 is 0 Å². The van der Waals surface area contributed by atoms with Crippen molar-refractivity contribution in [1.29, 1.82) is 5.26 Å². The number of anilines is 2. The number of nitrogens with zero attached hydrogens (tertiary/aromatic N) is 2. The Labute approximate surface area is 187 Å². The molecule has 4 N–H and O–H groups in total. The van der Waals surface area contributed by atoms with Crippen LogP contribution in [0.4, 0.5) is 11.4 Å². The van der Waals surface area contributed by atoms with E-state index in [4.69, 9.17) is 20.5 Å². The first-order valence-electron chi connectivity index (χ1n) is 10.4. The number of primary amides is 1. The Morgan fingerprint density at radius 2 is 2.06 bits per heavy atom. The van der Waals surface area contributed by atoms with Crippen molar-refractivity contribution in [2.45, 2.75) is 19.8 Å². The van der Waals surface area contributed by atoms with Gasteiger partial charge in [0.25, 0.3) is 5.91 Å². The number of amides is 1. The molecule has 0 atom stereocenters. The smallest absolute Gasteiger partial charge is 0.252 e. The van der Waals surface area contributed by atoms with Crippen LogP contribution < -0.4 is 25.8 Å². The molecule has 1 heterocycles. The number of hydrogen-bond acceptors (Lipinski definition) is 7. The molecule has 0 aliphatic carbocycles. The molecule has 2 aromatic carbocycles. The molecule has 3 aromatic rings. The van der Waals surface area contributed by atoms with Crippen LogP contribution in [-0.4, -0.2) is 37.7 Å². The standard InChI is InChI=1S/C24H27N5O3/c1-3-16-7-4-5-8-19(16)29-23-17-13-22(32-12-6-10-27-11-9-25)21(31-2)14-20(17)28-15-18(23)24(26)30/h4-5,7-8,13-15,27H,3,6,10-12H2,1-2H3,(H2,26,30)(H,28,29). The van der Waals surface area contributed by atoms with Crippen molar-refractivity contribution >= 4 is 28.2 Å². The number of aromatic nitrogens is 1. The zero-order valence-electron chi connectivity index (χ0n) is 18.3. The van der Waals surface area contributed by atoms with E-state index in [9.17, 15) is 4.79 Å². The lowest BCUT2D eigenvalue weighted by Gasteiger charge is -2.17. The van der Waals surface area contributed by atoms with Crippen molar-refractivity contribution in [3.05, 3.63) is 53.7 Å². The van der Waals surface area contributed by atoms with E-state index in [-0.39, 0.29) is 0 Å². The fourth-order valence-electron chi connectivity index (χ4n) is 3.40. The number of nitrogens with one attached hydrogen (secondary N) is 2. The average Bonchev–Trinajstić information content (AvgIpc) is 2.81. The van der Waals surface area contributed by atoms with Gasteiger partial charge in [0.1, 0.15) is 0 Å². The Kier molecular flexibility index (Phi) is 7.84. The lowest BCUT2D eigenvalue weighted by atomic mass is 10.1. The second kappa shape index (κ2) is 11.0. The minimum absolute atomic E-state index is 0.292. The van der Waals surface area contributed by atoms with Gasteiger partial charge in [-0.1, -0.05) is 25.1 Å². The number of benzene rings is 2. The van der Waals surface area contributed by atoms with E-state index in [1.54, 1.807) is 13.2 Å². The summed E-state index contributed by atoms with van der Waals surface area (Å²) < 4.78 is 11.4. The van der Waals surface area contributed by atoms with Gasteiger partial charge in [0.05, 0.1) is 43.1 Å². The van der Waals surface area contributed by atoms with Crippen LogP contribution in [0, 0.1) is 11.3 Å². The molecular formula is C24H27N5O3. The third-order valence-electron chi connectivity index (χ3n) is 5.04. The average molecular weight is 434 g/mol. The first-order chi connectivity index (χ1) is 15.6. The number of carbonyl (C=O) groups excluding carboxylic acids is 1. The molecule has 8 heteroatoms. The van der Waals surface area contributed by atoms with Gasteiger partial charge in [-0.2, -0.15) is 5.26 Å². The van der Waals surface area contributed by atoms with Crippen molar-refractivity contribution in [3.8, 4) is 17.6 Å². The lowest BCUT2D eigenvalue weighted by molar-refractivity contribution is 0.100. The van der Waals surface area contributed by atoms with Crippen LogP contribution in [0.2, 0.25) is 0 Å². The number of carbonyl (C=O) groups is 1. The Hall–Kier alpha value is -3.83. The van der Waals surface area contributed by atoms with Gasteiger partial charge < -0.3 is 25.8 Å². The Balaban J connectivity index is 2.01. The molecule has 166 valence electrons. The number of pyridine rings is 1. The summed E-state index contributed by atoms with van der Waals surface area (Å²) >= 11 is 0. The van der Waals surface area contributed by atoms with Crippen LogP contribution in [0.25, 0.3) is 10.9 Å². The molecule has 0 spiro atoms. The van der Waals surface area contributed by atoms with E-state index in [2.05, 4.69) is 22.5 Å². The van der Waals surface area contributed by atoms with Crippen LogP contribution in [0.3, 0.4) is 0 Å². The van der Waals surface area contributed by atoms with Gasteiger partial charge in [0.15, 0.2) is 11.5 Å². The molecule has 0 unspecified atom stereocenters.